The molecule has 1 atom stereocenters. The van der Waals surface area contributed by atoms with Gasteiger partial charge in [-0.3, -0.25) is 0 Å². The van der Waals surface area contributed by atoms with Crippen LogP contribution in [-0.2, 0) is 4.74 Å². The van der Waals surface area contributed by atoms with Crippen molar-refractivity contribution in [3.05, 3.63) is 0 Å². The zero-order valence-corrected chi connectivity index (χ0v) is 11.8. The fraction of sp³-hybridized carbons (Fsp3) is 1.00. The summed E-state index contributed by atoms with van der Waals surface area (Å²) in [6.07, 6.45) is 8.24. The third kappa shape index (κ3) is 5.91. The summed E-state index contributed by atoms with van der Waals surface area (Å²) in [5.74, 6) is 1.61. The van der Waals surface area contributed by atoms with Gasteiger partial charge in [-0.2, -0.15) is 0 Å². The van der Waals surface area contributed by atoms with Crippen molar-refractivity contribution >= 4 is 15.9 Å². The highest BCUT2D eigenvalue weighted by molar-refractivity contribution is 9.09. The molecule has 15 heavy (non-hydrogen) atoms. The molecule has 0 aliphatic heterocycles. The topological polar surface area (TPSA) is 9.23 Å². The van der Waals surface area contributed by atoms with Crippen LogP contribution in [0.4, 0.5) is 0 Å². The Morgan fingerprint density at radius 1 is 1.27 bits per heavy atom. The highest BCUT2D eigenvalue weighted by Crippen LogP contribution is 2.33. The molecule has 0 spiro atoms. The standard InChI is InChI=1S/C13H25BrO/c1-11(2)10-15-9-5-8-13(14)12-6-3-4-7-12/h11-13H,3-10H2,1-2H3. The van der Waals surface area contributed by atoms with Crippen molar-refractivity contribution in [3.63, 3.8) is 0 Å². The van der Waals surface area contributed by atoms with Crippen molar-refractivity contribution in [2.75, 3.05) is 13.2 Å². The number of rotatable bonds is 7. The normalized spacial score (nSPS) is 20.0. The third-order valence-corrected chi connectivity index (χ3v) is 4.34. The molecule has 1 saturated carbocycles. The van der Waals surface area contributed by atoms with E-state index in [4.69, 9.17) is 4.74 Å². The zero-order chi connectivity index (χ0) is 11.1. The molecule has 1 unspecified atom stereocenters. The molecule has 90 valence electrons. The first-order valence-corrected chi connectivity index (χ1v) is 7.33. The largest absolute Gasteiger partial charge is 0.381 e. The Hall–Kier alpha value is 0.440. The van der Waals surface area contributed by atoms with Crippen molar-refractivity contribution in [2.24, 2.45) is 11.8 Å². The van der Waals surface area contributed by atoms with E-state index in [0.717, 1.165) is 24.0 Å². The van der Waals surface area contributed by atoms with Crippen LogP contribution in [0.1, 0.15) is 52.4 Å². The van der Waals surface area contributed by atoms with Gasteiger partial charge >= 0.3 is 0 Å². The van der Waals surface area contributed by atoms with Crippen molar-refractivity contribution < 1.29 is 4.74 Å². The van der Waals surface area contributed by atoms with Crippen LogP contribution in [0, 0.1) is 11.8 Å². The van der Waals surface area contributed by atoms with E-state index in [0.29, 0.717) is 5.92 Å². The molecule has 1 rings (SSSR count). The van der Waals surface area contributed by atoms with Crippen LogP contribution >= 0.6 is 15.9 Å². The minimum atomic E-state index is 0.666. The number of hydrogen-bond donors (Lipinski definition) is 0. The molecule has 0 heterocycles. The molecule has 0 amide bonds. The Kier molecular flexibility index (Phi) is 6.91. The van der Waals surface area contributed by atoms with Crippen LogP contribution in [0.3, 0.4) is 0 Å². The summed E-state index contributed by atoms with van der Waals surface area (Å²) in [5.41, 5.74) is 0. The molecule has 0 aromatic carbocycles. The SMILES string of the molecule is CC(C)COCCCC(Br)C1CCCC1. The smallest absolute Gasteiger partial charge is 0.0488 e. The van der Waals surface area contributed by atoms with Gasteiger partial charge in [-0.25, -0.2) is 0 Å². The highest BCUT2D eigenvalue weighted by atomic mass is 79.9. The number of hydrogen-bond acceptors (Lipinski definition) is 1. The fourth-order valence-electron chi connectivity index (χ4n) is 2.25. The molecule has 1 nitrogen and oxygen atoms in total. The van der Waals surface area contributed by atoms with E-state index in [2.05, 4.69) is 29.8 Å². The second-order valence-electron chi connectivity index (χ2n) is 5.17. The van der Waals surface area contributed by atoms with E-state index in [1.54, 1.807) is 0 Å². The van der Waals surface area contributed by atoms with Gasteiger partial charge in [-0.1, -0.05) is 42.6 Å². The highest BCUT2D eigenvalue weighted by Gasteiger charge is 2.22. The molecule has 0 bridgehead atoms. The molecule has 0 aromatic heterocycles. The average molecular weight is 277 g/mol. The van der Waals surface area contributed by atoms with E-state index in [1.807, 2.05) is 0 Å². The van der Waals surface area contributed by atoms with Gasteiger partial charge in [0.05, 0.1) is 0 Å². The minimum absolute atomic E-state index is 0.666. The Morgan fingerprint density at radius 2 is 1.93 bits per heavy atom. The summed E-state index contributed by atoms with van der Waals surface area (Å²) in [7, 11) is 0. The molecule has 1 aliphatic carbocycles. The molecular formula is C13H25BrO. The van der Waals surface area contributed by atoms with Gasteiger partial charge < -0.3 is 4.74 Å². The molecule has 0 aromatic rings. The van der Waals surface area contributed by atoms with E-state index >= 15 is 0 Å². The maximum atomic E-state index is 5.59. The molecular weight excluding hydrogens is 252 g/mol. The van der Waals surface area contributed by atoms with Gasteiger partial charge in [-0.15, -0.1) is 0 Å². The molecule has 0 N–H and O–H groups in total. The van der Waals surface area contributed by atoms with E-state index in [-0.39, 0.29) is 0 Å². The van der Waals surface area contributed by atoms with E-state index in [9.17, 15) is 0 Å². The first kappa shape index (κ1) is 13.5. The quantitative estimate of drug-likeness (QED) is 0.495. The van der Waals surface area contributed by atoms with Gasteiger partial charge in [0.15, 0.2) is 0 Å². The van der Waals surface area contributed by atoms with Crippen molar-refractivity contribution in [1.29, 1.82) is 0 Å². The minimum Gasteiger partial charge on any atom is -0.381 e. The first-order chi connectivity index (χ1) is 7.20. The molecule has 0 radical (unpaired) electrons. The Bertz CT molecular complexity index is 153. The Balaban J connectivity index is 1.94. The summed E-state index contributed by atoms with van der Waals surface area (Å²) >= 11 is 3.83. The number of alkyl halides is 1. The van der Waals surface area contributed by atoms with E-state index < -0.39 is 0 Å². The maximum absolute atomic E-state index is 5.59. The van der Waals surface area contributed by atoms with Gasteiger partial charge in [-0.05, 0) is 37.5 Å². The monoisotopic (exact) mass is 276 g/mol. The molecule has 1 fully saturated rings. The second kappa shape index (κ2) is 7.67. The van der Waals surface area contributed by atoms with Gasteiger partial charge in [0.25, 0.3) is 0 Å². The number of halogens is 1. The van der Waals surface area contributed by atoms with Gasteiger partial charge in [0, 0.05) is 18.0 Å². The first-order valence-electron chi connectivity index (χ1n) is 6.42. The van der Waals surface area contributed by atoms with Crippen LogP contribution in [0.25, 0.3) is 0 Å². The van der Waals surface area contributed by atoms with Crippen molar-refractivity contribution in [1.82, 2.24) is 0 Å². The molecule has 2 heteroatoms. The zero-order valence-electron chi connectivity index (χ0n) is 10.2. The summed E-state index contributed by atoms with van der Waals surface area (Å²) in [5, 5.41) is 0. The predicted octanol–water partition coefficient (Wildman–Crippen LogP) is 4.39. The lowest BCUT2D eigenvalue weighted by molar-refractivity contribution is 0.106. The fourth-order valence-corrected chi connectivity index (χ4v) is 3.11. The maximum Gasteiger partial charge on any atom is 0.0488 e. The van der Waals surface area contributed by atoms with Gasteiger partial charge in [0.1, 0.15) is 0 Å². The number of ether oxygens (including phenoxy) is 1. The lowest BCUT2D eigenvalue weighted by atomic mass is 10.0. The summed E-state index contributed by atoms with van der Waals surface area (Å²) in [6, 6.07) is 0. The third-order valence-electron chi connectivity index (χ3n) is 3.13. The molecule has 0 saturated heterocycles. The Morgan fingerprint density at radius 3 is 2.53 bits per heavy atom. The van der Waals surface area contributed by atoms with Crippen molar-refractivity contribution in [2.45, 2.75) is 57.2 Å². The summed E-state index contributed by atoms with van der Waals surface area (Å²) in [6.45, 7) is 6.25. The van der Waals surface area contributed by atoms with Crippen molar-refractivity contribution in [3.8, 4) is 0 Å². The van der Waals surface area contributed by atoms with Crippen LogP contribution in [0.15, 0.2) is 0 Å². The van der Waals surface area contributed by atoms with Gasteiger partial charge in [0.2, 0.25) is 0 Å². The summed E-state index contributed by atoms with van der Waals surface area (Å²) in [4.78, 5) is 0.739. The predicted molar refractivity (Wildman–Crippen MR) is 69.6 cm³/mol. The van der Waals surface area contributed by atoms with Crippen LogP contribution in [0.2, 0.25) is 0 Å². The van der Waals surface area contributed by atoms with Crippen LogP contribution in [0.5, 0.6) is 0 Å². The van der Waals surface area contributed by atoms with Crippen LogP contribution in [-0.4, -0.2) is 18.0 Å². The lowest BCUT2D eigenvalue weighted by Crippen LogP contribution is -2.12. The van der Waals surface area contributed by atoms with E-state index in [1.165, 1.54) is 38.5 Å². The van der Waals surface area contributed by atoms with Crippen LogP contribution < -0.4 is 0 Å². The average Bonchev–Trinajstić information content (AvgIpc) is 2.69. The lowest BCUT2D eigenvalue weighted by Gasteiger charge is -2.16. The molecule has 1 aliphatic rings. The summed E-state index contributed by atoms with van der Waals surface area (Å²) < 4.78 is 5.59. The second-order valence-corrected chi connectivity index (χ2v) is 6.35. The Labute approximate surface area is 103 Å².